The first-order valence-corrected chi connectivity index (χ1v) is 9.03. The number of benzene rings is 2. The number of carbonyl (C=O) groups is 1. The van der Waals surface area contributed by atoms with E-state index in [2.05, 4.69) is 0 Å². The van der Waals surface area contributed by atoms with Gasteiger partial charge in [-0.15, -0.1) is 0 Å². The van der Waals surface area contributed by atoms with Crippen LogP contribution in [0.2, 0.25) is 0 Å². The van der Waals surface area contributed by atoms with E-state index in [9.17, 15) is 4.79 Å². The van der Waals surface area contributed by atoms with Gasteiger partial charge >= 0.3 is 6.09 Å². The van der Waals surface area contributed by atoms with Crippen molar-refractivity contribution in [2.24, 2.45) is 0 Å². The topological polar surface area (TPSA) is 57.2 Å². The number of methoxy groups -OCH3 is 1. The van der Waals surface area contributed by atoms with Gasteiger partial charge in [-0.25, -0.2) is 4.79 Å². The Morgan fingerprint density at radius 1 is 0.963 bits per heavy atom. The minimum atomic E-state index is -0.536. The highest BCUT2D eigenvalue weighted by molar-refractivity contribution is 5.87. The SMILES string of the molecule is CCOC(CN(C(=O)OCc1ccccc1)c1ccc(OC)cc1)OCC. The summed E-state index contributed by atoms with van der Waals surface area (Å²) < 4.78 is 21.9. The van der Waals surface area contributed by atoms with Crippen LogP contribution >= 0.6 is 0 Å². The molecule has 0 heterocycles. The summed E-state index contributed by atoms with van der Waals surface area (Å²) in [5, 5.41) is 0. The van der Waals surface area contributed by atoms with Gasteiger partial charge in [0.2, 0.25) is 0 Å². The summed E-state index contributed by atoms with van der Waals surface area (Å²) >= 11 is 0. The first-order valence-electron chi connectivity index (χ1n) is 9.03. The minimum Gasteiger partial charge on any atom is -0.497 e. The Morgan fingerprint density at radius 3 is 2.15 bits per heavy atom. The fourth-order valence-corrected chi connectivity index (χ4v) is 2.52. The molecule has 27 heavy (non-hydrogen) atoms. The number of nitrogens with zero attached hydrogens (tertiary/aromatic N) is 1. The van der Waals surface area contributed by atoms with E-state index < -0.39 is 12.4 Å². The summed E-state index contributed by atoms with van der Waals surface area (Å²) in [4.78, 5) is 14.3. The predicted molar refractivity (Wildman–Crippen MR) is 104 cm³/mol. The minimum absolute atomic E-state index is 0.195. The fourth-order valence-electron chi connectivity index (χ4n) is 2.52. The van der Waals surface area contributed by atoms with Gasteiger partial charge in [0.15, 0.2) is 6.29 Å². The molecule has 0 saturated carbocycles. The van der Waals surface area contributed by atoms with Crippen molar-refractivity contribution in [2.75, 3.05) is 31.8 Å². The van der Waals surface area contributed by atoms with Crippen LogP contribution in [-0.4, -0.2) is 39.3 Å². The largest absolute Gasteiger partial charge is 0.497 e. The van der Waals surface area contributed by atoms with Crippen LogP contribution in [-0.2, 0) is 20.8 Å². The maximum Gasteiger partial charge on any atom is 0.414 e. The molecule has 6 heteroatoms. The molecular formula is C21H27NO5. The van der Waals surface area contributed by atoms with Crippen LogP contribution in [0.25, 0.3) is 0 Å². The van der Waals surface area contributed by atoms with Crippen molar-refractivity contribution >= 4 is 11.8 Å². The zero-order chi connectivity index (χ0) is 19.5. The normalized spacial score (nSPS) is 10.7. The second kappa shape index (κ2) is 11.2. The number of rotatable bonds is 10. The lowest BCUT2D eigenvalue weighted by atomic mass is 10.2. The molecule has 0 spiro atoms. The third-order valence-corrected chi connectivity index (χ3v) is 3.85. The van der Waals surface area contributed by atoms with Gasteiger partial charge in [0, 0.05) is 18.9 Å². The highest BCUT2D eigenvalue weighted by atomic mass is 16.7. The average molecular weight is 373 g/mol. The van der Waals surface area contributed by atoms with E-state index in [4.69, 9.17) is 18.9 Å². The Balaban J connectivity index is 2.14. The molecular weight excluding hydrogens is 346 g/mol. The van der Waals surface area contributed by atoms with E-state index >= 15 is 0 Å². The molecule has 0 radical (unpaired) electrons. The zero-order valence-corrected chi connectivity index (χ0v) is 16.1. The number of anilines is 1. The lowest BCUT2D eigenvalue weighted by Crippen LogP contribution is -2.40. The van der Waals surface area contributed by atoms with Crippen molar-refractivity contribution in [3.8, 4) is 5.75 Å². The quantitative estimate of drug-likeness (QED) is 0.583. The molecule has 1 amide bonds. The summed E-state index contributed by atoms with van der Waals surface area (Å²) in [5.41, 5.74) is 1.60. The first kappa shape index (κ1) is 20.7. The smallest absolute Gasteiger partial charge is 0.414 e. The molecule has 0 N–H and O–H groups in total. The van der Waals surface area contributed by atoms with Crippen LogP contribution in [0.4, 0.5) is 10.5 Å². The van der Waals surface area contributed by atoms with Gasteiger partial charge in [0.05, 0.1) is 13.7 Å². The number of hydrogen-bond acceptors (Lipinski definition) is 5. The van der Waals surface area contributed by atoms with E-state index in [1.54, 1.807) is 31.4 Å². The molecule has 0 atom stereocenters. The lowest BCUT2D eigenvalue weighted by molar-refractivity contribution is -0.129. The second-order valence-corrected chi connectivity index (χ2v) is 5.69. The highest BCUT2D eigenvalue weighted by Gasteiger charge is 2.23. The molecule has 2 aromatic carbocycles. The molecule has 2 rings (SSSR count). The van der Waals surface area contributed by atoms with Crippen molar-refractivity contribution < 1.29 is 23.7 Å². The van der Waals surface area contributed by atoms with Crippen LogP contribution in [0.15, 0.2) is 54.6 Å². The summed E-state index contributed by atoms with van der Waals surface area (Å²) in [7, 11) is 1.60. The Morgan fingerprint density at radius 2 is 1.59 bits per heavy atom. The molecule has 6 nitrogen and oxygen atoms in total. The second-order valence-electron chi connectivity index (χ2n) is 5.69. The van der Waals surface area contributed by atoms with Crippen LogP contribution in [0.5, 0.6) is 5.75 Å². The number of hydrogen-bond donors (Lipinski definition) is 0. The molecule has 0 aliphatic heterocycles. The fraction of sp³-hybridized carbons (Fsp3) is 0.381. The van der Waals surface area contributed by atoms with Gasteiger partial charge < -0.3 is 18.9 Å². The lowest BCUT2D eigenvalue weighted by Gasteiger charge is -2.27. The van der Waals surface area contributed by atoms with Crippen molar-refractivity contribution in [3.63, 3.8) is 0 Å². The van der Waals surface area contributed by atoms with E-state index in [0.29, 0.717) is 24.7 Å². The maximum absolute atomic E-state index is 12.8. The molecule has 0 aliphatic carbocycles. The molecule has 0 unspecified atom stereocenters. The highest BCUT2D eigenvalue weighted by Crippen LogP contribution is 2.21. The first-order chi connectivity index (χ1) is 13.2. The Hall–Kier alpha value is -2.57. The number of carbonyl (C=O) groups excluding carboxylic acids is 1. The molecule has 2 aromatic rings. The van der Waals surface area contributed by atoms with Crippen LogP contribution in [0, 0.1) is 0 Å². The van der Waals surface area contributed by atoms with Gasteiger partial charge in [-0.2, -0.15) is 0 Å². The Bertz CT molecular complexity index is 669. The van der Waals surface area contributed by atoms with Crippen molar-refractivity contribution in [1.82, 2.24) is 0 Å². The molecule has 0 aromatic heterocycles. The van der Waals surface area contributed by atoms with Gasteiger partial charge in [-0.05, 0) is 43.7 Å². The molecule has 0 saturated heterocycles. The molecule has 146 valence electrons. The van der Waals surface area contributed by atoms with E-state index in [0.717, 1.165) is 5.56 Å². The van der Waals surface area contributed by atoms with Gasteiger partial charge in [0.1, 0.15) is 12.4 Å². The third-order valence-electron chi connectivity index (χ3n) is 3.85. The van der Waals surface area contributed by atoms with E-state index in [1.165, 1.54) is 4.90 Å². The van der Waals surface area contributed by atoms with Gasteiger partial charge in [0.25, 0.3) is 0 Å². The monoisotopic (exact) mass is 373 g/mol. The van der Waals surface area contributed by atoms with Crippen LogP contribution in [0.1, 0.15) is 19.4 Å². The average Bonchev–Trinajstić information content (AvgIpc) is 2.71. The summed E-state index contributed by atoms with van der Waals surface area (Å²) in [6.45, 7) is 5.16. The van der Waals surface area contributed by atoms with Crippen LogP contribution in [0.3, 0.4) is 0 Å². The number of ether oxygens (including phenoxy) is 4. The van der Waals surface area contributed by atoms with E-state index in [-0.39, 0.29) is 13.2 Å². The van der Waals surface area contributed by atoms with Crippen LogP contribution < -0.4 is 9.64 Å². The third kappa shape index (κ3) is 6.58. The van der Waals surface area contributed by atoms with Gasteiger partial charge in [-0.1, -0.05) is 30.3 Å². The maximum atomic E-state index is 12.8. The Labute approximate surface area is 160 Å². The van der Waals surface area contributed by atoms with Crippen molar-refractivity contribution in [1.29, 1.82) is 0 Å². The summed E-state index contributed by atoms with van der Waals surface area (Å²) in [6, 6.07) is 16.8. The predicted octanol–water partition coefficient (Wildman–Crippen LogP) is 4.24. The molecule has 0 aliphatic rings. The van der Waals surface area contributed by atoms with Crippen molar-refractivity contribution in [2.45, 2.75) is 26.7 Å². The van der Waals surface area contributed by atoms with E-state index in [1.807, 2.05) is 44.2 Å². The summed E-state index contributed by atoms with van der Waals surface area (Å²) in [5.74, 6) is 0.711. The number of amides is 1. The van der Waals surface area contributed by atoms with Crippen molar-refractivity contribution in [3.05, 3.63) is 60.2 Å². The zero-order valence-electron chi connectivity index (χ0n) is 16.1. The Kier molecular flexibility index (Phi) is 8.61. The molecule has 0 bridgehead atoms. The standard InChI is InChI=1S/C21H27NO5/c1-4-25-20(26-5-2)15-22(18-11-13-19(24-3)14-12-18)21(23)27-16-17-9-7-6-8-10-17/h6-14,20H,4-5,15-16H2,1-3H3. The van der Waals surface area contributed by atoms with Gasteiger partial charge in [-0.3, -0.25) is 4.90 Å². The molecule has 0 fully saturated rings. The summed E-state index contributed by atoms with van der Waals surface area (Å²) in [6.07, 6.45) is -1.00.